The van der Waals surface area contributed by atoms with E-state index in [4.69, 9.17) is 4.74 Å². The van der Waals surface area contributed by atoms with E-state index in [0.29, 0.717) is 24.3 Å². The normalized spacial score (nSPS) is 16.6. The summed E-state index contributed by atoms with van der Waals surface area (Å²) < 4.78 is 7.65. The smallest absolute Gasteiger partial charge is 0.254 e. The van der Waals surface area contributed by atoms with Gasteiger partial charge in [0.2, 0.25) is 0 Å². The average Bonchev–Trinajstić information content (AvgIpc) is 3.25. The number of ether oxygens (including phenoxy) is 1. The van der Waals surface area contributed by atoms with Crippen molar-refractivity contribution in [1.82, 2.24) is 19.9 Å². The van der Waals surface area contributed by atoms with E-state index >= 15 is 0 Å². The fraction of sp³-hybridized carbons (Fsp3) is 0.381. The minimum atomic E-state index is -0.201. The molecule has 0 aliphatic carbocycles. The molecule has 0 spiro atoms. The van der Waals surface area contributed by atoms with Crippen LogP contribution in [0.5, 0.6) is 0 Å². The lowest BCUT2D eigenvalue weighted by atomic mass is 10.1. The van der Waals surface area contributed by atoms with Crippen molar-refractivity contribution < 1.29 is 9.53 Å². The van der Waals surface area contributed by atoms with Crippen LogP contribution in [0.3, 0.4) is 0 Å². The minimum absolute atomic E-state index is 0.165. The highest BCUT2D eigenvalue weighted by Gasteiger charge is 2.27. The Labute approximate surface area is 162 Å². The predicted molar refractivity (Wildman–Crippen MR) is 107 cm³/mol. The number of amides is 1. The molecule has 0 saturated carbocycles. The van der Waals surface area contributed by atoms with Crippen LogP contribution in [0.25, 0.3) is 11.0 Å². The fourth-order valence-electron chi connectivity index (χ4n) is 4.08. The molecule has 4 heterocycles. The standard InChI is InChI=1S/C21H24N4O3/c1-12-9-13(2)24-20(26)17(12)10-23-21(27)18-14(3)25(15-6-8-28-11-15)19-16(18)5-4-7-22-19/h4-5,7,9,15H,6,8,10-11H2,1-3H3,(H,23,27)(H,24,26). The molecule has 1 atom stereocenters. The van der Waals surface area contributed by atoms with Gasteiger partial charge in [0.15, 0.2) is 0 Å². The number of fused-ring (bicyclic) bond motifs is 1. The van der Waals surface area contributed by atoms with Crippen molar-refractivity contribution in [2.75, 3.05) is 13.2 Å². The number of nitrogens with one attached hydrogen (secondary N) is 2. The molecule has 3 aromatic heterocycles. The molecule has 28 heavy (non-hydrogen) atoms. The summed E-state index contributed by atoms with van der Waals surface area (Å²) in [6.07, 6.45) is 2.64. The fourth-order valence-corrected chi connectivity index (χ4v) is 4.08. The van der Waals surface area contributed by atoms with Crippen molar-refractivity contribution in [2.45, 2.75) is 39.8 Å². The molecule has 7 nitrogen and oxygen atoms in total. The van der Waals surface area contributed by atoms with Crippen LogP contribution in [0.4, 0.5) is 0 Å². The van der Waals surface area contributed by atoms with Crippen molar-refractivity contribution in [2.24, 2.45) is 0 Å². The van der Waals surface area contributed by atoms with Crippen molar-refractivity contribution in [1.29, 1.82) is 0 Å². The summed E-state index contributed by atoms with van der Waals surface area (Å²) in [7, 11) is 0. The zero-order valence-corrected chi connectivity index (χ0v) is 16.3. The summed E-state index contributed by atoms with van der Waals surface area (Å²) in [5, 5.41) is 3.74. The summed E-state index contributed by atoms with van der Waals surface area (Å²) in [6.45, 7) is 7.19. The summed E-state index contributed by atoms with van der Waals surface area (Å²) in [5.74, 6) is -0.201. The van der Waals surface area contributed by atoms with E-state index in [0.717, 1.165) is 34.4 Å². The van der Waals surface area contributed by atoms with Gasteiger partial charge in [-0.1, -0.05) is 0 Å². The molecule has 1 fully saturated rings. The first-order chi connectivity index (χ1) is 13.5. The summed E-state index contributed by atoms with van der Waals surface area (Å²) >= 11 is 0. The predicted octanol–water partition coefficient (Wildman–Crippen LogP) is 2.54. The van der Waals surface area contributed by atoms with Crippen molar-refractivity contribution in [3.8, 4) is 0 Å². The molecule has 0 radical (unpaired) electrons. The van der Waals surface area contributed by atoms with Crippen LogP contribution in [0.2, 0.25) is 0 Å². The molecule has 1 aliphatic rings. The Morgan fingerprint density at radius 1 is 1.39 bits per heavy atom. The van der Waals surface area contributed by atoms with Gasteiger partial charge in [-0.15, -0.1) is 0 Å². The number of aromatic nitrogens is 3. The highest BCUT2D eigenvalue weighted by Crippen LogP contribution is 2.31. The zero-order valence-electron chi connectivity index (χ0n) is 16.3. The number of pyridine rings is 2. The largest absolute Gasteiger partial charge is 0.379 e. The summed E-state index contributed by atoms with van der Waals surface area (Å²) in [5.41, 5.74) is 4.36. The monoisotopic (exact) mass is 380 g/mol. The van der Waals surface area contributed by atoms with Crippen molar-refractivity contribution in [3.63, 3.8) is 0 Å². The van der Waals surface area contributed by atoms with Gasteiger partial charge in [-0.25, -0.2) is 4.98 Å². The molecule has 1 aliphatic heterocycles. The Morgan fingerprint density at radius 2 is 2.21 bits per heavy atom. The Kier molecular flexibility index (Phi) is 4.77. The molecule has 7 heteroatoms. The van der Waals surface area contributed by atoms with E-state index in [2.05, 4.69) is 19.9 Å². The third-order valence-electron chi connectivity index (χ3n) is 5.42. The van der Waals surface area contributed by atoms with Gasteiger partial charge in [-0.2, -0.15) is 0 Å². The second-order valence-corrected chi connectivity index (χ2v) is 7.35. The number of aromatic amines is 1. The molecule has 146 valence electrons. The van der Waals surface area contributed by atoms with Crippen LogP contribution in [-0.2, 0) is 11.3 Å². The first-order valence-corrected chi connectivity index (χ1v) is 9.48. The highest BCUT2D eigenvalue weighted by molar-refractivity contribution is 6.07. The number of carbonyl (C=O) groups excluding carboxylic acids is 1. The molecule has 3 aromatic rings. The maximum atomic E-state index is 13.1. The van der Waals surface area contributed by atoms with Crippen LogP contribution < -0.4 is 10.9 Å². The van der Waals surface area contributed by atoms with E-state index in [1.165, 1.54) is 0 Å². The molecular weight excluding hydrogens is 356 g/mol. The number of H-pyrrole nitrogens is 1. The second-order valence-electron chi connectivity index (χ2n) is 7.35. The van der Waals surface area contributed by atoms with Gasteiger partial charge in [-0.05, 0) is 51.0 Å². The van der Waals surface area contributed by atoms with E-state index < -0.39 is 0 Å². The van der Waals surface area contributed by atoms with E-state index in [-0.39, 0.29) is 24.1 Å². The van der Waals surface area contributed by atoms with Crippen LogP contribution in [0, 0.1) is 20.8 Å². The number of hydrogen-bond donors (Lipinski definition) is 2. The van der Waals surface area contributed by atoms with E-state index in [1.807, 2.05) is 39.0 Å². The maximum absolute atomic E-state index is 13.1. The number of aryl methyl sites for hydroxylation is 2. The van der Waals surface area contributed by atoms with Gasteiger partial charge in [0, 0.05) is 41.7 Å². The first-order valence-electron chi connectivity index (χ1n) is 9.48. The third kappa shape index (κ3) is 3.11. The molecule has 0 aromatic carbocycles. The van der Waals surface area contributed by atoms with Gasteiger partial charge in [0.1, 0.15) is 5.65 Å². The maximum Gasteiger partial charge on any atom is 0.254 e. The first kappa shape index (κ1) is 18.4. The number of carbonyl (C=O) groups is 1. The molecule has 1 amide bonds. The lowest BCUT2D eigenvalue weighted by Gasteiger charge is -2.14. The molecule has 2 N–H and O–H groups in total. The lowest BCUT2D eigenvalue weighted by Crippen LogP contribution is -2.28. The van der Waals surface area contributed by atoms with Gasteiger partial charge < -0.3 is 19.6 Å². The summed E-state index contributed by atoms with van der Waals surface area (Å²) in [4.78, 5) is 32.6. The molecule has 4 rings (SSSR count). The molecule has 1 unspecified atom stereocenters. The quantitative estimate of drug-likeness (QED) is 0.728. The third-order valence-corrected chi connectivity index (χ3v) is 5.42. The van der Waals surface area contributed by atoms with Gasteiger partial charge in [0.25, 0.3) is 11.5 Å². The van der Waals surface area contributed by atoms with Crippen molar-refractivity contribution in [3.05, 3.63) is 62.8 Å². The number of rotatable bonds is 4. The Balaban J connectivity index is 1.68. The topological polar surface area (TPSA) is 89.0 Å². The zero-order chi connectivity index (χ0) is 19.8. The Hall–Kier alpha value is -2.93. The minimum Gasteiger partial charge on any atom is -0.379 e. The van der Waals surface area contributed by atoms with Gasteiger partial charge in [-0.3, -0.25) is 9.59 Å². The van der Waals surface area contributed by atoms with Gasteiger partial charge >= 0.3 is 0 Å². The van der Waals surface area contributed by atoms with E-state index in [1.54, 1.807) is 6.20 Å². The number of hydrogen-bond acceptors (Lipinski definition) is 4. The van der Waals surface area contributed by atoms with Crippen molar-refractivity contribution >= 4 is 16.9 Å². The van der Waals surface area contributed by atoms with Crippen LogP contribution >= 0.6 is 0 Å². The van der Waals surface area contributed by atoms with E-state index in [9.17, 15) is 9.59 Å². The second kappa shape index (κ2) is 7.24. The van der Waals surface area contributed by atoms with Crippen LogP contribution in [0.1, 0.15) is 45.3 Å². The SMILES string of the molecule is Cc1cc(C)c(CNC(=O)c2c(C)n(C3CCOC3)c3ncccc23)c(=O)[nH]1. The highest BCUT2D eigenvalue weighted by atomic mass is 16.5. The lowest BCUT2D eigenvalue weighted by molar-refractivity contribution is 0.0951. The van der Waals surface area contributed by atoms with Crippen LogP contribution in [-0.4, -0.2) is 33.7 Å². The number of nitrogens with zero attached hydrogens (tertiary/aromatic N) is 2. The Bertz CT molecular complexity index is 1110. The molecular formula is C21H24N4O3. The van der Waals surface area contributed by atoms with Gasteiger partial charge in [0.05, 0.1) is 18.2 Å². The Morgan fingerprint density at radius 3 is 2.93 bits per heavy atom. The summed E-state index contributed by atoms with van der Waals surface area (Å²) in [6, 6.07) is 5.84. The average molecular weight is 380 g/mol. The molecule has 1 saturated heterocycles. The molecule has 0 bridgehead atoms. The van der Waals surface area contributed by atoms with Crippen LogP contribution in [0.15, 0.2) is 29.2 Å².